The summed E-state index contributed by atoms with van der Waals surface area (Å²) >= 11 is 0. The molecular formula is C19H37NO. The normalized spacial score (nSPS) is 31.1. The standard InChI is InChI=1S/C19H37NO/c1-5-20-15-19(21-14-11-16-7-6-8-16)12-9-17(10-13-19)18(2,3)4/h16-17,20H,5-15H2,1-4H3. The molecule has 0 heterocycles. The van der Waals surface area contributed by atoms with E-state index in [1.807, 2.05) is 0 Å². The Hall–Kier alpha value is -0.0800. The minimum Gasteiger partial charge on any atom is -0.374 e. The van der Waals surface area contributed by atoms with Crippen molar-refractivity contribution >= 4 is 0 Å². The van der Waals surface area contributed by atoms with Crippen LogP contribution < -0.4 is 5.32 Å². The third kappa shape index (κ3) is 4.96. The molecule has 0 atom stereocenters. The zero-order chi connectivity index (χ0) is 15.3. The van der Waals surface area contributed by atoms with E-state index in [1.54, 1.807) is 0 Å². The summed E-state index contributed by atoms with van der Waals surface area (Å²) < 4.78 is 6.48. The minimum absolute atomic E-state index is 0.126. The fourth-order valence-electron chi connectivity index (χ4n) is 3.96. The molecule has 2 aliphatic rings. The molecule has 124 valence electrons. The van der Waals surface area contributed by atoms with Gasteiger partial charge in [0.2, 0.25) is 0 Å². The molecule has 0 aromatic rings. The highest BCUT2D eigenvalue weighted by atomic mass is 16.5. The fraction of sp³-hybridized carbons (Fsp3) is 1.00. The van der Waals surface area contributed by atoms with Crippen LogP contribution in [-0.2, 0) is 4.74 Å². The van der Waals surface area contributed by atoms with E-state index in [9.17, 15) is 0 Å². The Morgan fingerprint density at radius 2 is 1.76 bits per heavy atom. The van der Waals surface area contributed by atoms with Crippen LogP contribution in [0.25, 0.3) is 0 Å². The molecule has 0 aliphatic heterocycles. The molecule has 2 aliphatic carbocycles. The predicted octanol–water partition coefficient (Wildman–Crippen LogP) is 4.78. The first-order valence-corrected chi connectivity index (χ1v) is 9.30. The smallest absolute Gasteiger partial charge is 0.0806 e. The Labute approximate surface area is 132 Å². The molecule has 2 rings (SSSR count). The summed E-state index contributed by atoms with van der Waals surface area (Å²) in [5.41, 5.74) is 0.581. The second kappa shape index (κ2) is 7.46. The lowest BCUT2D eigenvalue weighted by Crippen LogP contribution is -2.47. The van der Waals surface area contributed by atoms with Crippen LogP contribution in [-0.4, -0.2) is 25.3 Å². The van der Waals surface area contributed by atoms with Gasteiger partial charge in [-0.05, 0) is 55.9 Å². The molecule has 2 nitrogen and oxygen atoms in total. The van der Waals surface area contributed by atoms with Gasteiger partial charge in [-0.2, -0.15) is 0 Å². The van der Waals surface area contributed by atoms with Crippen LogP contribution in [0.5, 0.6) is 0 Å². The van der Waals surface area contributed by atoms with Crippen molar-refractivity contribution in [2.75, 3.05) is 19.7 Å². The highest BCUT2D eigenvalue weighted by molar-refractivity contribution is 4.92. The Kier molecular flexibility index (Phi) is 6.14. The highest BCUT2D eigenvalue weighted by Gasteiger charge is 2.39. The molecule has 2 heteroatoms. The van der Waals surface area contributed by atoms with E-state index >= 15 is 0 Å². The molecule has 1 N–H and O–H groups in total. The van der Waals surface area contributed by atoms with E-state index in [2.05, 4.69) is 33.0 Å². The summed E-state index contributed by atoms with van der Waals surface area (Å²) in [7, 11) is 0. The molecule has 2 fully saturated rings. The zero-order valence-electron chi connectivity index (χ0n) is 14.8. The molecule has 0 aromatic carbocycles. The average Bonchev–Trinajstić information content (AvgIpc) is 2.39. The van der Waals surface area contributed by atoms with Gasteiger partial charge in [-0.1, -0.05) is 47.0 Å². The fourth-order valence-corrected chi connectivity index (χ4v) is 3.96. The molecule has 0 amide bonds. The van der Waals surface area contributed by atoms with E-state index in [-0.39, 0.29) is 5.60 Å². The van der Waals surface area contributed by atoms with Crippen LogP contribution in [0.15, 0.2) is 0 Å². The quantitative estimate of drug-likeness (QED) is 0.730. The summed E-state index contributed by atoms with van der Waals surface area (Å²) in [5, 5.41) is 3.55. The van der Waals surface area contributed by atoms with Crippen molar-refractivity contribution < 1.29 is 4.74 Å². The number of ether oxygens (including phenoxy) is 1. The van der Waals surface area contributed by atoms with Crippen molar-refractivity contribution in [1.82, 2.24) is 5.32 Å². The average molecular weight is 296 g/mol. The van der Waals surface area contributed by atoms with Gasteiger partial charge in [-0.15, -0.1) is 0 Å². The molecule has 0 saturated heterocycles. The number of nitrogens with one attached hydrogen (secondary N) is 1. The Bertz CT molecular complexity index is 295. The van der Waals surface area contributed by atoms with Crippen LogP contribution in [0.1, 0.15) is 79.1 Å². The van der Waals surface area contributed by atoms with E-state index in [1.165, 1.54) is 51.4 Å². The first kappa shape index (κ1) is 17.3. The number of hydrogen-bond donors (Lipinski definition) is 1. The lowest BCUT2D eigenvalue weighted by Gasteiger charge is -2.44. The predicted molar refractivity (Wildman–Crippen MR) is 90.6 cm³/mol. The monoisotopic (exact) mass is 295 g/mol. The van der Waals surface area contributed by atoms with Crippen molar-refractivity contribution in [3.63, 3.8) is 0 Å². The van der Waals surface area contributed by atoms with E-state index < -0.39 is 0 Å². The lowest BCUT2D eigenvalue weighted by molar-refractivity contribution is -0.0893. The Morgan fingerprint density at radius 3 is 2.24 bits per heavy atom. The van der Waals surface area contributed by atoms with Crippen LogP contribution in [0, 0.1) is 17.3 Å². The van der Waals surface area contributed by atoms with E-state index in [4.69, 9.17) is 4.74 Å². The topological polar surface area (TPSA) is 21.3 Å². The second-order valence-corrected chi connectivity index (χ2v) is 8.54. The maximum Gasteiger partial charge on any atom is 0.0806 e. The van der Waals surface area contributed by atoms with Crippen molar-refractivity contribution in [2.45, 2.75) is 84.7 Å². The van der Waals surface area contributed by atoms with Gasteiger partial charge in [0.1, 0.15) is 0 Å². The molecule has 0 aromatic heterocycles. The largest absolute Gasteiger partial charge is 0.374 e. The van der Waals surface area contributed by atoms with Gasteiger partial charge in [0, 0.05) is 13.2 Å². The molecule has 0 radical (unpaired) electrons. The summed E-state index contributed by atoms with van der Waals surface area (Å²) in [6.45, 7) is 12.5. The number of hydrogen-bond acceptors (Lipinski definition) is 2. The van der Waals surface area contributed by atoms with Crippen LogP contribution in [0.3, 0.4) is 0 Å². The SMILES string of the molecule is CCNCC1(OCCC2CCC2)CCC(C(C)(C)C)CC1. The summed E-state index contributed by atoms with van der Waals surface area (Å²) in [5.74, 6) is 1.83. The molecular weight excluding hydrogens is 258 g/mol. The number of rotatable bonds is 7. The highest BCUT2D eigenvalue weighted by Crippen LogP contribution is 2.43. The van der Waals surface area contributed by atoms with Gasteiger partial charge >= 0.3 is 0 Å². The van der Waals surface area contributed by atoms with E-state index in [0.29, 0.717) is 5.41 Å². The molecule has 0 spiro atoms. The zero-order valence-corrected chi connectivity index (χ0v) is 14.8. The van der Waals surface area contributed by atoms with Crippen molar-refractivity contribution in [3.05, 3.63) is 0 Å². The molecule has 0 unspecified atom stereocenters. The third-order valence-electron chi connectivity index (χ3n) is 5.98. The van der Waals surface area contributed by atoms with Gasteiger partial charge in [0.05, 0.1) is 5.60 Å². The van der Waals surface area contributed by atoms with Crippen molar-refractivity contribution in [1.29, 1.82) is 0 Å². The molecule has 21 heavy (non-hydrogen) atoms. The Balaban J connectivity index is 1.82. The Morgan fingerprint density at radius 1 is 1.10 bits per heavy atom. The molecule has 0 bridgehead atoms. The van der Waals surface area contributed by atoms with Gasteiger partial charge in [0.25, 0.3) is 0 Å². The number of likely N-dealkylation sites (N-methyl/N-ethyl adjacent to an activating group) is 1. The van der Waals surface area contributed by atoms with Crippen LogP contribution in [0.2, 0.25) is 0 Å². The summed E-state index contributed by atoms with van der Waals surface area (Å²) in [4.78, 5) is 0. The van der Waals surface area contributed by atoms with Gasteiger partial charge in [-0.25, -0.2) is 0 Å². The van der Waals surface area contributed by atoms with Crippen molar-refractivity contribution in [3.8, 4) is 0 Å². The minimum atomic E-state index is 0.126. The summed E-state index contributed by atoms with van der Waals surface area (Å²) in [6.07, 6.45) is 10.8. The maximum atomic E-state index is 6.48. The first-order valence-electron chi connectivity index (χ1n) is 9.30. The van der Waals surface area contributed by atoms with Crippen molar-refractivity contribution in [2.24, 2.45) is 17.3 Å². The van der Waals surface area contributed by atoms with Gasteiger partial charge < -0.3 is 10.1 Å². The lowest BCUT2D eigenvalue weighted by atomic mass is 9.68. The van der Waals surface area contributed by atoms with E-state index in [0.717, 1.165) is 31.5 Å². The maximum absolute atomic E-state index is 6.48. The van der Waals surface area contributed by atoms with Gasteiger partial charge in [-0.3, -0.25) is 0 Å². The summed E-state index contributed by atoms with van der Waals surface area (Å²) in [6, 6.07) is 0. The van der Waals surface area contributed by atoms with Crippen LogP contribution in [0.4, 0.5) is 0 Å². The second-order valence-electron chi connectivity index (χ2n) is 8.54. The first-order chi connectivity index (χ1) is 9.95. The van der Waals surface area contributed by atoms with Crippen LogP contribution >= 0.6 is 0 Å². The van der Waals surface area contributed by atoms with Gasteiger partial charge in [0.15, 0.2) is 0 Å². The molecule has 2 saturated carbocycles. The third-order valence-corrected chi connectivity index (χ3v) is 5.98.